The fourth-order valence-corrected chi connectivity index (χ4v) is 0.925. The van der Waals surface area contributed by atoms with Crippen LogP contribution >= 0.6 is 24.8 Å². The molecule has 2 nitrogen and oxygen atoms in total. The molecule has 1 atom stereocenters. The average Bonchev–Trinajstić information content (AvgIpc) is 2.12. The quantitative estimate of drug-likeness (QED) is 0.801. The summed E-state index contributed by atoms with van der Waals surface area (Å²) < 4.78 is 37.7. The molecule has 1 rings (SSSR count). The van der Waals surface area contributed by atoms with Crippen molar-refractivity contribution in [1.82, 2.24) is 0 Å². The molecule has 0 saturated heterocycles. The fourth-order valence-electron chi connectivity index (χ4n) is 0.925. The van der Waals surface area contributed by atoms with E-state index >= 15 is 0 Å². The van der Waals surface area contributed by atoms with Crippen molar-refractivity contribution in [2.45, 2.75) is 6.04 Å². The highest BCUT2D eigenvalue weighted by Gasteiger charge is 2.13. The van der Waals surface area contributed by atoms with Crippen molar-refractivity contribution in [3.63, 3.8) is 0 Å². The van der Waals surface area contributed by atoms with E-state index in [1.54, 1.807) is 0 Å². The van der Waals surface area contributed by atoms with Gasteiger partial charge in [-0.3, -0.25) is 0 Å². The van der Waals surface area contributed by atoms with Crippen LogP contribution in [0, 0.1) is 17.5 Å². The van der Waals surface area contributed by atoms with E-state index in [0.717, 1.165) is 12.1 Å². The van der Waals surface area contributed by atoms with Crippen LogP contribution < -0.4 is 11.5 Å². The maximum atomic E-state index is 12.6. The van der Waals surface area contributed by atoms with Crippen LogP contribution in [0.4, 0.5) is 13.2 Å². The summed E-state index contributed by atoms with van der Waals surface area (Å²) in [7, 11) is 0. The van der Waals surface area contributed by atoms with E-state index in [1.807, 2.05) is 0 Å². The summed E-state index contributed by atoms with van der Waals surface area (Å²) in [4.78, 5) is 0. The molecule has 0 bridgehead atoms. The molecule has 0 amide bonds. The first-order valence-electron chi connectivity index (χ1n) is 3.66. The predicted molar refractivity (Wildman–Crippen MR) is 56.8 cm³/mol. The molecule has 0 heterocycles. The third kappa shape index (κ3) is 3.87. The molecule has 0 fully saturated rings. The van der Waals surface area contributed by atoms with Crippen LogP contribution in [-0.2, 0) is 0 Å². The third-order valence-corrected chi connectivity index (χ3v) is 1.69. The van der Waals surface area contributed by atoms with Crippen molar-refractivity contribution >= 4 is 24.8 Å². The molecular weight excluding hydrogens is 252 g/mol. The van der Waals surface area contributed by atoms with Crippen molar-refractivity contribution in [3.05, 3.63) is 35.1 Å². The maximum Gasteiger partial charge on any atom is 0.194 e. The third-order valence-electron chi connectivity index (χ3n) is 1.69. The van der Waals surface area contributed by atoms with Crippen LogP contribution in [0.2, 0.25) is 0 Å². The smallest absolute Gasteiger partial charge is 0.194 e. The molecule has 1 aromatic carbocycles. The first-order valence-corrected chi connectivity index (χ1v) is 3.66. The molecule has 1 aromatic rings. The summed E-state index contributed by atoms with van der Waals surface area (Å²) in [6, 6.07) is 1.01. The Morgan fingerprint density at radius 1 is 1.07 bits per heavy atom. The average molecular weight is 263 g/mol. The van der Waals surface area contributed by atoms with Gasteiger partial charge in [-0.1, -0.05) is 0 Å². The summed E-state index contributed by atoms with van der Waals surface area (Å²) in [5, 5.41) is 0. The van der Waals surface area contributed by atoms with Gasteiger partial charge in [-0.2, -0.15) is 0 Å². The molecule has 0 saturated carbocycles. The van der Waals surface area contributed by atoms with Gasteiger partial charge < -0.3 is 11.5 Å². The van der Waals surface area contributed by atoms with E-state index in [0.29, 0.717) is 0 Å². The zero-order chi connectivity index (χ0) is 10.0. The van der Waals surface area contributed by atoms with Gasteiger partial charge in [0, 0.05) is 12.6 Å². The van der Waals surface area contributed by atoms with Gasteiger partial charge in [-0.25, -0.2) is 13.2 Å². The Labute approximate surface area is 97.6 Å². The lowest BCUT2D eigenvalue weighted by Gasteiger charge is -2.09. The Balaban J connectivity index is 0. The van der Waals surface area contributed by atoms with Gasteiger partial charge in [0.2, 0.25) is 0 Å². The number of hydrogen-bond acceptors (Lipinski definition) is 2. The molecule has 4 N–H and O–H groups in total. The van der Waals surface area contributed by atoms with Gasteiger partial charge in [0.25, 0.3) is 0 Å². The van der Waals surface area contributed by atoms with E-state index in [2.05, 4.69) is 0 Å². The van der Waals surface area contributed by atoms with Gasteiger partial charge in [0.15, 0.2) is 17.5 Å². The van der Waals surface area contributed by atoms with Gasteiger partial charge >= 0.3 is 0 Å². The number of nitrogens with two attached hydrogens (primary N) is 2. The minimum absolute atomic E-state index is 0. The van der Waals surface area contributed by atoms with Crippen LogP contribution in [0.1, 0.15) is 11.6 Å². The van der Waals surface area contributed by atoms with E-state index in [9.17, 15) is 13.2 Å². The summed E-state index contributed by atoms with van der Waals surface area (Å²) >= 11 is 0. The zero-order valence-corrected chi connectivity index (χ0v) is 9.18. The van der Waals surface area contributed by atoms with Crippen molar-refractivity contribution in [2.24, 2.45) is 11.5 Å². The van der Waals surface area contributed by atoms with Crippen molar-refractivity contribution in [2.75, 3.05) is 6.54 Å². The standard InChI is InChI=1S/C8H9F3N2.2ClH/c9-5-1-4(7(13)3-12)2-6(10)8(5)11;;/h1-2,7H,3,12-13H2;2*1H. The number of hydrogen-bond donors (Lipinski definition) is 2. The second-order valence-corrected chi connectivity index (χ2v) is 2.64. The summed E-state index contributed by atoms with van der Waals surface area (Å²) in [5.41, 5.74) is 10.7. The lowest BCUT2D eigenvalue weighted by atomic mass is 10.1. The Bertz CT molecular complexity index is 300. The van der Waals surface area contributed by atoms with Crippen LogP contribution in [0.5, 0.6) is 0 Å². The molecule has 88 valence electrons. The van der Waals surface area contributed by atoms with Crippen LogP contribution in [0.15, 0.2) is 12.1 Å². The Kier molecular flexibility index (Phi) is 7.78. The topological polar surface area (TPSA) is 52.0 Å². The molecule has 7 heteroatoms. The predicted octanol–water partition coefficient (Wildman–Crippen LogP) is 1.91. The highest BCUT2D eigenvalue weighted by atomic mass is 35.5. The number of rotatable bonds is 2. The second kappa shape index (κ2) is 6.90. The summed E-state index contributed by atoms with van der Waals surface area (Å²) in [6.45, 7) is 0.0461. The molecule has 0 aliphatic carbocycles. The second-order valence-electron chi connectivity index (χ2n) is 2.64. The van der Waals surface area contributed by atoms with Crippen molar-refractivity contribution in [1.29, 1.82) is 0 Å². The fraction of sp³-hybridized carbons (Fsp3) is 0.250. The van der Waals surface area contributed by atoms with E-state index in [-0.39, 0.29) is 36.9 Å². The molecule has 1 unspecified atom stereocenters. The summed E-state index contributed by atoms with van der Waals surface area (Å²) in [6.07, 6.45) is 0. The highest BCUT2D eigenvalue weighted by molar-refractivity contribution is 5.85. The number of halogens is 5. The lowest BCUT2D eigenvalue weighted by molar-refractivity contribution is 0.443. The minimum atomic E-state index is -1.49. The van der Waals surface area contributed by atoms with Crippen LogP contribution in [-0.4, -0.2) is 6.54 Å². The molecule has 0 radical (unpaired) electrons. The lowest BCUT2D eigenvalue weighted by Crippen LogP contribution is -2.21. The van der Waals surface area contributed by atoms with E-state index in [4.69, 9.17) is 11.5 Å². The normalized spacial score (nSPS) is 11.3. The maximum absolute atomic E-state index is 12.6. The first-order chi connectivity index (χ1) is 6.06. The van der Waals surface area contributed by atoms with Crippen molar-refractivity contribution in [3.8, 4) is 0 Å². The van der Waals surface area contributed by atoms with E-state index in [1.165, 1.54) is 0 Å². The molecule has 0 aliphatic rings. The zero-order valence-electron chi connectivity index (χ0n) is 7.54. The summed E-state index contributed by atoms with van der Waals surface area (Å²) in [5.74, 6) is -3.99. The Hall–Kier alpha value is -0.490. The van der Waals surface area contributed by atoms with Gasteiger partial charge in [-0.15, -0.1) is 24.8 Å². The molecular formula is C8H11Cl2F3N2. The van der Waals surface area contributed by atoms with Crippen LogP contribution in [0.3, 0.4) is 0 Å². The monoisotopic (exact) mass is 262 g/mol. The van der Waals surface area contributed by atoms with Crippen LogP contribution in [0.25, 0.3) is 0 Å². The molecule has 0 aliphatic heterocycles. The SMILES string of the molecule is Cl.Cl.NCC(N)c1cc(F)c(F)c(F)c1. The number of benzene rings is 1. The Morgan fingerprint density at radius 3 is 1.80 bits per heavy atom. The van der Waals surface area contributed by atoms with E-state index < -0.39 is 23.5 Å². The molecule has 0 spiro atoms. The molecule has 15 heavy (non-hydrogen) atoms. The van der Waals surface area contributed by atoms with Gasteiger partial charge in [-0.05, 0) is 17.7 Å². The largest absolute Gasteiger partial charge is 0.329 e. The van der Waals surface area contributed by atoms with Gasteiger partial charge in [0.05, 0.1) is 0 Å². The first kappa shape index (κ1) is 16.9. The van der Waals surface area contributed by atoms with Gasteiger partial charge in [0.1, 0.15) is 0 Å². The van der Waals surface area contributed by atoms with Crippen molar-refractivity contribution < 1.29 is 13.2 Å². The Morgan fingerprint density at radius 2 is 1.47 bits per heavy atom. The molecule has 0 aromatic heterocycles. The minimum Gasteiger partial charge on any atom is -0.329 e. The highest BCUT2D eigenvalue weighted by Crippen LogP contribution is 2.17.